The first-order valence-corrected chi connectivity index (χ1v) is 5.84. The van der Waals surface area contributed by atoms with Gasteiger partial charge in [-0.1, -0.05) is 0 Å². The Bertz CT molecular complexity index is 238. The Labute approximate surface area is 87.4 Å². The van der Waals surface area contributed by atoms with Gasteiger partial charge in [-0.25, -0.2) is 0 Å². The number of aliphatic carboxylic acids is 1. The molecule has 0 spiro atoms. The highest BCUT2D eigenvalue weighted by Crippen LogP contribution is 2.46. The van der Waals surface area contributed by atoms with Gasteiger partial charge in [-0.3, -0.25) is 9.59 Å². The third-order valence-electron chi connectivity index (χ3n) is 2.41. The molecule has 1 fully saturated rings. The van der Waals surface area contributed by atoms with Crippen LogP contribution in [0, 0.1) is 0 Å². The Morgan fingerprint density at radius 3 is 2.50 bits per heavy atom. The number of carbonyl (C=O) groups is 2. The van der Waals surface area contributed by atoms with E-state index < -0.39 is 5.97 Å². The minimum atomic E-state index is -0.925. The summed E-state index contributed by atoms with van der Waals surface area (Å²) in [6.07, 6.45) is 4.33. The molecule has 2 N–H and O–H groups in total. The van der Waals surface area contributed by atoms with Crippen LogP contribution < -0.4 is 5.32 Å². The molecule has 0 unspecified atom stereocenters. The van der Waals surface area contributed by atoms with Crippen LogP contribution in [-0.2, 0) is 9.59 Å². The molecule has 0 saturated heterocycles. The summed E-state index contributed by atoms with van der Waals surface area (Å²) < 4.78 is 0.249. The molecular weight excluding hydrogens is 202 g/mol. The SMILES string of the molecule is CSC1(CNC(=O)CCC(=O)O)CC1. The zero-order valence-electron chi connectivity index (χ0n) is 8.21. The molecule has 0 aromatic rings. The summed E-state index contributed by atoms with van der Waals surface area (Å²) >= 11 is 1.77. The van der Waals surface area contributed by atoms with Gasteiger partial charge in [-0.15, -0.1) is 0 Å². The first-order valence-electron chi connectivity index (χ1n) is 4.62. The number of carboxylic acid groups (broad SMARTS) is 1. The van der Waals surface area contributed by atoms with E-state index in [-0.39, 0.29) is 23.5 Å². The van der Waals surface area contributed by atoms with Gasteiger partial charge in [-0.05, 0) is 19.1 Å². The molecule has 1 rings (SSSR count). The zero-order chi connectivity index (χ0) is 10.6. The van der Waals surface area contributed by atoms with Crippen molar-refractivity contribution in [2.75, 3.05) is 12.8 Å². The van der Waals surface area contributed by atoms with Crippen molar-refractivity contribution in [1.82, 2.24) is 5.32 Å². The molecule has 0 aliphatic heterocycles. The number of rotatable bonds is 6. The van der Waals surface area contributed by atoms with Gasteiger partial charge in [0.2, 0.25) is 5.91 Å². The van der Waals surface area contributed by atoms with Crippen LogP contribution in [0.15, 0.2) is 0 Å². The van der Waals surface area contributed by atoms with Gasteiger partial charge in [0.15, 0.2) is 0 Å². The van der Waals surface area contributed by atoms with Crippen molar-refractivity contribution in [2.24, 2.45) is 0 Å². The number of hydrogen-bond donors (Lipinski definition) is 2. The number of thioether (sulfide) groups is 1. The number of hydrogen-bond acceptors (Lipinski definition) is 3. The minimum absolute atomic E-state index is 0.0831. The second-order valence-electron chi connectivity index (χ2n) is 3.56. The second-order valence-corrected chi connectivity index (χ2v) is 4.83. The van der Waals surface area contributed by atoms with Crippen molar-refractivity contribution < 1.29 is 14.7 Å². The summed E-state index contributed by atoms with van der Waals surface area (Å²) in [7, 11) is 0. The highest BCUT2D eigenvalue weighted by Gasteiger charge is 2.41. The van der Waals surface area contributed by atoms with Gasteiger partial charge in [0.25, 0.3) is 0 Å². The fourth-order valence-electron chi connectivity index (χ4n) is 1.16. The molecular formula is C9H15NO3S. The predicted octanol–water partition coefficient (Wildman–Crippen LogP) is 0.863. The molecule has 0 bridgehead atoms. The summed E-state index contributed by atoms with van der Waals surface area (Å²) in [5.74, 6) is -1.08. The summed E-state index contributed by atoms with van der Waals surface area (Å²) in [6, 6.07) is 0. The first-order chi connectivity index (χ1) is 6.58. The van der Waals surface area contributed by atoms with E-state index in [4.69, 9.17) is 5.11 Å². The monoisotopic (exact) mass is 217 g/mol. The standard InChI is InChI=1S/C9H15NO3S/c1-14-9(4-5-9)6-10-7(11)2-3-8(12)13/h2-6H2,1H3,(H,10,11)(H,12,13). The third kappa shape index (κ3) is 3.57. The van der Waals surface area contributed by atoms with Gasteiger partial charge in [0.05, 0.1) is 6.42 Å². The van der Waals surface area contributed by atoms with E-state index >= 15 is 0 Å². The van der Waals surface area contributed by atoms with E-state index in [2.05, 4.69) is 5.32 Å². The Balaban J connectivity index is 2.12. The fourth-order valence-corrected chi connectivity index (χ4v) is 1.89. The van der Waals surface area contributed by atoms with Gasteiger partial charge >= 0.3 is 5.97 Å². The summed E-state index contributed by atoms with van der Waals surface area (Å²) in [5.41, 5.74) is 0. The average molecular weight is 217 g/mol. The predicted molar refractivity (Wildman–Crippen MR) is 55.4 cm³/mol. The fraction of sp³-hybridized carbons (Fsp3) is 0.778. The Kier molecular flexibility index (Phi) is 3.80. The van der Waals surface area contributed by atoms with Crippen molar-refractivity contribution in [3.63, 3.8) is 0 Å². The lowest BCUT2D eigenvalue weighted by molar-refractivity contribution is -0.138. The van der Waals surface area contributed by atoms with E-state index in [0.717, 1.165) is 12.8 Å². The molecule has 1 aliphatic carbocycles. The Morgan fingerprint density at radius 1 is 1.43 bits per heavy atom. The lowest BCUT2D eigenvalue weighted by Crippen LogP contribution is -2.31. The molecule has 0 aromatic heterocycles. The normalized spacial score (nSPS) is 17.5. The van der Waals surface area contributed by atoms with Gasteiger partial charge < -0.3 is 10.4 Å². The summed E-state index contributed by atoms with van der Waals surface area (Å²) in [5, 5.41) is 11.1. The average Bonchev–Trinajstić information content (AvgIpc) is 2.92. The van der Waals surface area contributed by atoms with Gasteiger partial charge in [0, 0.05) is 17.7 Å². The number of nitrogens with one attached hydrogen (secondary N) is 1. The van der Waals surface area contributed by atoms with Gasteiger partial charge in [-0.2, -0.15) is 11.8 Å². The van der Waals surface area contributed by atoms with Crippen LogP contribution in [0.25, 0.3) is 0 Å². The van der Waals surface area contributed by atoms with Gasteiger partial charge in [0.1, 0.15) is 0 Å². The van der Waals surface area contributed by atoms with E-state index in [9.17, 15) is 9.59 Å². The van der Waals surface area contributed by atoms with Crippen molar-refractivity contribution in [3.05, 3.63) is 0 Å². The maximum Gasteiger partial charge on any atom is 0.303 e. The van der Waals surface area contributed by atoms with Crippen molar-refractivity contribution in [3.8, 4) is 0 Å². The van der Waals surface area contributed by atoms with Crippen LogP contribution in [-0.4, -0.2) is 34.5 Å². The molecule has 14 heavy (non-hydrogen) atoms. The highest BCUT2D eigenvalue weighted by atomic mass is 32.2. The maximum atomic E-state index is 11.2. The van der Waals surface area contributed by atoms with E-state index in [0.29, 0.717) is 6.54 Å². The summed E-state index contributed by atoms with van der Waals surface area (Å²) in [4.78, 5) is 21.3. The van der Waals surface area contributed by atoms with Crippen LogP contribution in [0.5, 0.6) is 0 Å². The molecule has 0 aromatic carbocycles. The lowest BCUT2D eigenvalue weighted by Gasteiger charge is -2.12. The van der Waals surface area contributed by atoms with Crippen LogP contribution in [0.3, 0.4) is 0 Å². The maximum absolute atomic E-state index is 11.2. The molecule has 1 amide bonds. The number of carbonyl (C=O) groups excluding carboxylic acids is 1. The smallest absolute Gasteiger partial charge is 0.303 e. The van der Waals surface area contributed by atoms with E-state index in [1.165, 1.54) is 0 Å². The Morgan fingerprint density at radius 2 is 2.07 bits per heavy atom. The minimum Gasteiger partial charge on any atom is -0.481 e. The molecule has 0 heterocycles. The molecule has 0 atom stereocenters. The summed E-state index contributed by atoms with van der Waals surface area (Å²) in [6.45, 7) is 0.673. The Hall–Kier alpha value is -0.710. The van der Waals surface area contributed by atoms with E-state index in [1.54, 1.807) is 11.8 Å². The van der Waals surface area contributed by atoms with Crippen LogP contribution in [0.1, 0.15) is 25.7 Å². The van der Waals surface area contributed by atoms with Crippen molar-refractivity contribution in [1.29, 1.82) is 0 Å². The molecule has 4 nitrogen and oxygen atoms in total. The molecule has 80 valence electrons. The molecule has 5 heteroatoms. The second kappa shape index (κ2) is 4.68. The topological polar surface area (TPSA) is 66.4 Å². The van der Waals surface area contributed by atoms with Crippen molar-refractivity contribution >= 4 is 23.6 Å². The lowest BCUT2D eigenvalue weighted by atomic mass is 10.3. The zero-order valence-corrected chi connectivity index (χ0v) is 9.02. The molecule has 1 aliphatic rings. The van der Waals surface area contributed by atoms with Crippen LogP contribution >= 0.6 is 11.8 Å². The highest BCUT2D eigenvalue weighted by molar-refractivity contribution is 8.00. The number of carboxylic acids is 1. The molecule has 1 saturated carbocycles. The quantitative estimate of drug-likeness (QED) is 0.692. The first kappa shape index (κ1) is 11.4. The van der Waals surface area contributed by atoms with Crippen LogP contribution in [0.4, 0.5) is 0 Å². The van der Waals surface area contributed by atoms with Crippen molar-refractivity contribution in [2.45, 2.75) is 30.4 Å². The molecule has 0 radical (unpaired) electrons. The number of amides is 1. The largest absolute Gasteiger partial charge is 0.481 e. The van der Waals surface area contributed by atoms with E-state index in [1.807, 2.05) is 6.26 Å². The van der Waals surface area contributed by atoms with Crippen LogP contribution in [0.2, 0.25) is 0 Å². The third-order valence-corrected chi connectivity index (χ3v) is 3.83.